The van der Waals surface area contributed by atoms with E-state index in [2.05, 4.69) is 15.2 Å². The van der Waals surface area contributed by atoms with Gasteiger partial charge in [0.05, 0.1) is 6.54 Å². The molecule has 0 atom stereocenters. The second kappa shape index (κ2) is 3.01. The van der Waals surface area contributed by atoms with Crippen molar-refractivity contribution in [2.45, 2.75) is 13.5 Å². The van der Waals surface area contributed by atoms with Crippen molar-refractivity contribution in [1.29, 1.82) is 0 Å². The third-order valence-electron chi connectivity index (χ3n) is 2.04. The van der Waals surface area contributed by atoms with E-state index in [4.69, 9.17) is 0 Å². The topological polar surface area (TPSA) is 48.5 Å². The zero-order valence-electron chi connectivity index (χ0n) is 7.68. The molecule has 0 spiro atoms. The molecule has 2 aromatic heterocycles. The average molecular weight is 177 g/mol. The van der Waals surface area contributed by atoms with Gasteiger partial charge >= 0.3 is 0 Å². The van der Waals surface area contributed by atoms with Crippen molar-refractivity contribution in [1.82, 2.24) is 24.3 Å². The predicted molar refractivity (Wildman–Crippen MR) is 47.1 cm³/mol. The van der Waals surface area contributed by atoms with E-state index in [1.807, 2.05) is 29.3 Å². The van der Waals surface area contributed by atoms with Crippen LogP contribution in [0.2, 0.25) is 0 Å². The monoisotopic (exact) mass is 177 g/mol. The summed E-state index contributed by atoms with van der Waals surface area (Å²) in [7, 11) is 1.93. The lowest BCUT2D eigenvalue weighted by Crippen LogP contribution is -2.06. The normalized spacial score (nSPS) is 10.6. The summed E-state index contributed by atoms with van der Waals surface area (Å²) < 4.78 is 3.93. The van der Waals surface area contributed by atoms with E-state index in [0.717, 1.165) is 18.2 Å². The van der Waals surface area contributed by atoms with Crippen LogP contribution >= 0.6 is 0 Å². The van der Waals surface area contributed by atoms with Gasteiger partial charge in [-0.3, -0.25) is 0 Å². The molecule has 13 heavy (non-hydrogen) atoms. The first-order valence-corrected chi connectivity index (χ1v) is 4.08. The van der Waals surface area contributed by atoms with Gasteiger partial charge in [0.1, 0.15) is 12.2 Å². The number of imidazole rings is 1. The van der Waals surface area contributed by atoms with E-state index in [1.54, 1.807) is 12.5 Å². The lowest BCUT2D eigenvalue weighted by atomic mass is 10.5. The highest BCUT2D eigenvalue weighted by Crippen LogP contribution is 2.00. The van der Waals surface area contributed by atoms with Crippen LogP contribution in [0.1, 0.15) is 11.6 Å². The SMILES string of the molecule is Cc1nccn1Cc1nncn1C. The van der Waals surface area contributed by atoms with Gasteiger partial charge in [-0.2, -0.15) is 0 Å². The van der Waals surface area contributed by atoms with Gasteiger partial charge in [0.2, 0.25) is 0 Å². The zero-order chi connectivity index (χ0) is 9.26. The van der Waals surface area contributed by atoms with Crippen LogP contribution in [0.5, 0.6) is 0 Å². The van der Waals surface area contributed by atoms with Crippen molar-refractivity contribution in [3.8, 4) is 0 Å². The molecule has 0 bridgehead atoms. The number of nitrogens with zero attached hydrogens (tertiary/aromatic N) is 5. The van der Waals surface area contributed by atoms with Gasteiger partial charge in [-0.05, 0) is 6.92 Å². The molecule has 0 saturated heterocycles. The van der Waals surface area contributed by atoms with Gasteiger partial charge in [-0.15, -0.1) is 10.2 Å². The van der Waals surface area contributed by atoms with Crippen LogP contribution < -0.4 is 0 Å². The Labute approximate surface area is 76.0 Å². The number of aryl methyl sites for hydroxylation is 2. The standard InChI is InChI=1S/C8H11N5/c1-7-9-3-4-13(7)5-8-11-10-6-12(8)2/h3-4,6H,5H2,1-2H3. The van der Waals surface area contributed by atoms with Gasteiger partial charge in [0.15, 0.2) is 5.82 Å². The van der Waals surface area contributed by atoms with E-state index < -0.39 is 0 Å². The minimum absolute atomic E-state index is 0.725. The van der Waals surface area contributed by atoms with E-state index in [1.165, 1.54) is 0 Å². The summed E-state index contributed by atoms with van der Waals surface area (Å²) in [6.45, 7) is 2.69. The molecular weight excluding hydrogens is 166 g/mol. The molecule has 2 aromatic rings. The van der Waals surface area contributed by atoms with Crippen molar-refractivity contribution < 1.29 is 0 Å². The van der Waals surface area contributed by atoms with E-state index >= 15 is 0 Å². The van der Waals surface area contributed by atoms with E-state index in [0.29, 0.717) is 0 Å². The Kier molecular flexibility index (Phi) is 1.84. The molecule has 0 N–H and O–H groups in total. The first kappa shape index (κ1) is 7.97. The van der Waals surface area contributed by atoms with E-state index in [9.17, 15) is 0 Å². The lowest BCUT2D eigenvalue weighted by Gasteiger charge is -2.03. The Morgan fingerprint density at radius 1 is 1.46 bits per heavy atom. The third kappa shape index (κ3) is 1.44. The second-order valence-electron chi connectivity index (χ2n) is 2.96. The summed E-state index contributed by atoms with van der Waals surface area (Å²) in [5.41, 5.74) is 0. The first-order valence-electron chi connectivity index (χ1n) is 4.08. The summed E-state index contributed by atoms with van der Waals surface area (Å²) in [5.74, 6) is 1.92. The fourth-order valence-electron chi connectivity index (χ4n) is 1.17. The van der Waals surface area contributed by atoms with Crippen LogP contribution in [0.4, 0.5) is 0 Å². The zero-order valence-corrected chi connectivity index (χ0v) is 7.68. The summed E-state index contributed by atoms with van der Waals surface area (Å²) >= 11 is 0. The molecule has 0 aliphatic heterocycles. The maximum absolute atomic E-state index is 4.13. The summed E-state index contributed by atoms with van der Waals surface area (Å²) in [6, 6.07) is 0. The Hall–Kier alpha value is -1.65. The highest BCUT2D eigenvalue weighted by Gasteiger charge is 2.02. The maximum atomic E-state index is 4.13. The van der Waals surface area contributed by atoms with Crippen LogP contribution in [0.25, 0.3) is 0 Å². The van der Waals surface area contributed by atoms with Gasteiger partial charge in [0, 0.05) is 19.4 Å². The molecule has 5 nitrogen and oxygen atoms in total. The van der Waals surface area contributed by atoms with Crippen LogP contribution in [-0.4, -0.2) is 24.3 Å². The molecule has 0 radical (unpaired) electrons. The van der Waals surface area contributed by atoms with Gasteiger partial charge in [0.25, 0.3) is 0 Å². The highest BCUT2D eigenvalue weighted by atomic mass is 15.3. The molecule has 0 fully saturated rings. The minimum Gasteiger partial charge on any atom is -0.328 e. The highest BCUT2D eigenvalue weighted by molar-refractivity contribution is 4.94. The van der Waals surface area contributed by atoms with Crippen molar-refractivity contribution in [2.24, 2.45) is 7.05 Å². The molecule has 5 heteroatoms. The minimum atomic E-state index is 0.725. The smallest absolute Gasteiger partial charge is 0.152 e. The van der Waals surface area contributed by atoms with Gasteiger partial charge in [-0.25, -0.2) is 4.98 Å². The molecule has 2 rings (SSSR count). The summed E-state index contributed by atoms with van der Waals surface area (Å²) in [5, 5.41) is 7.81. The number of rotatable bonds is 2. The van der Waals surface area contributed by atoms with Crippen LogP contribution in [-0.2, 0) is 13.6 Å². The Morgan fingerprint density at radius 2 is 2.31 bits per heavy atom. The molecule has 0 saturated carbocycles. The molecule has 0 aliphatic carbocycles. The Morgan fingerprint density at radius 3 is 2.85 bits per heavy atom. The number of hydrogen-bond acceptors (Lipinski definition) is 3. The molecule has 2 heterocycles. The van der Waals surface area contributed by atoms with Crippen LogP contribution in [0, 0.1) is 6.92 Å². The number of aromatic nitrogens is 5. The fourth-order valence-corrected chi connectivity index (χ4v) is 1.17. The van der Waals surface area contributed by atoms with Crippen molar-refractivity contribution in [3.05, 3.63) is 30.4 Å². The molecule has 0 aromatic carbocycles. The molecule has 68 valence electrons. The predicted octanol–water partition coefficient (Wildman–Crippen LogP) is 0.368. The number of hydrogen-bond donors (Lipinski definition) is 0. The second-order valence-corrected chi connectivity index (χ2v) is 2.96. The van der Waals surface area contributed by atoms with Crippen molar-refractivity contribution in [2.75, 3.05) is 0 Å². The molecular formula is C8H11N5. The lowest BCUT2D eigenvalue weighted by molar-refractivity contribution is 0.679. The quantitative estimate of drug-likeness (QED) is 0.665. The summed E-state index contributed by atoms with van der Waals surface area (Å²) in [6.07, 6.45) is 5.41. The maximum Gasteiger partial charge on any atom is 0.152 e. The third-order valence-corrected chi connectivity index (χ3v) is 2.04. The average Bonchev–Trinajstić information content (AvgIpc) is 2.65. The molecule has 0 amide bonds. The van der Waals surface area contributed by atoms with Crippen LogP contribution in [0.15, 0.2) is 18.7 Å². The van der Waals surface area contributed by atoms with E-state index in [-0.39, 0.29) is 0 Å². The van der Waals surface area contributed by atoms with Crippen molar-refractivity contribution >= 4 is 0 Å². The molecule has 0 unspecified atom stereocenters. The van der Waals surface area contributed by atoms with Gasteiger partial charge < -0.3 is 9.13 Å². The molecule has 0 aliphatic rings. The largest absolute Gasteiger partial charge is 0.328 e. The Balaban J connectivity index is 2.24. The van der Waals surface area contributed by atoms with Crippen LogP contribution in [0.3, 0.4) is 0 Å². The first-order chi connectivity index (χ1) is 6.27. The Bertz CT molecular complexity index is 362. The van der Waals surface area contributed by atoms with Crippen molar-refractivity contribution in [3.63, 3.8) is 0 Å². The summed E-state index contributed by atoms with van der Waals surface area (Å²) in [4.78, 5) is 4.13. The fraction of sp³-hybridized carbons (Fsp3) is 0.375. The van der Waals surface area contributed by atoms with Gasteiger partial charge in [-0.1, -0.05) is 0 Å².